The van der Waals surface area contributed by atoms with Crippen LogP contribution in [-0.2, 0) is 30.5 Å². The van der Waals surface area contributed by atoms with Crippen LogP contribution in [0.4, 0.5) is 0 Å². The molecule has 2 rings (SSSR count). The summed E-state index contributed by atoms with van der Waals surface area (Å²) in [5.74, 6) is -1.71. The summed E-state index contributed by atoms with van der Waals surface area (Å²) in [6.45, 7) is 6.43. The fourth-order valence-corrected chi connectivity index (χ4v) is 4.54. The SMILES string of the molecule is CC(C)C(N)C(=O)SCC/C=C/C1CC(=O)NCc2nc(cs2)C(=O)NC(C)(C)C(=O)NCC(=O)O1. The summed E-state index contributed by atoms with van der Waals surface area (Å²) in [5, 5.41) is 9.69. The molecule has 36 heavy (non-hydrogen) atoms. The Morgan fingerprint density at radius 2 is 2.00 bits per heavy atom. The van der Waals surface area contributed by atoms with Crippen molar-refractivity contribution in [3.63, 3.8) is 0 Å². The number of nitrogens with zero attached hydrogens (tertiary/aromatic N) is 1. The van der Waals surface area contributed by atoms with Gasteiger partial charge in [0.1, 0.15) is 28.9 Å². The van der Waals surface area contributed by atoms with Crippen molar-refractivity contribution in [1.29, 1.82) is 0 Å². The van der Waals surface area contributed by atoms with Crippen molar-refractivity contribution < 1.29 is 28.7 Å². The fraction of sp³-hybridized carbons (Fsp3) is 0.565. The molecule has 0 saturated carbocycles. The lowest BCUT2D eigenvalue weighted by molar-refractivity contribution is -0.148. The van der Waals surface area contributed by atoms with Crippen LogP contribution in [0.2, 0.25) is 0 Å². The molecule has 2 heterocycles. The molecule has 0 aliphatic carbocycles. The summed E-state index contributed by atoms with van der Waals surface area (Å²) in [6, 6.07) is -0.529. The number of nitrogens with one attached hydrogen (secondary N) is 3. The second-order valence-corrected chi connectivity index (χ2v) is 11.1. The molecule has 198 valence electrons. The summed E-state index contributed by atoms with van der Waals surface area (Å²) in [6.07, 6.45) is 2.80. The number of thiazole rings is 1. The van der Waals surface area contributed by atoms with Gasteiger partial charge in [0.2, 0.25) is 16.9 Å². The molecule has 11 nitrogen and oxygen atoms in total. The van der Waals surface area contributed by atoms with Crippen LogP contribution in [0.3, 0.4) is 0 Å². The van der Waals surface area contributed by atoms with Gasteiger partial charge in [0, 0.05) is 11.1 Å². The second kappa shape index (κ2) is 13.5. The van der Waals surface area contributed by atoms with Crippen LogP contribution in [0.25, 0.3) is 0 Å². The zero-order chi connectivity index (χ0) is 26.9. The lowest BCUT2D eigenvalue weighted by Crippen LogP contribution is -2.55. The Balaban J connectivity index is 2.06. The first-order valence-corrected chi connectivity index (χ1v) is 13.4. The Morgan fingerprint density at radius 3 is 2.69 bits per heavy atom. The van der Waals surface area contributed by atoms with Gasteiger partial charge in [-0.15, -0.1) is 11.3 Å². The number of rotatable bonds is 6. The quantitative estimate of drug-likeness (QED) is 0.233. The maximum Gasteiger partial charge on any atom is 0.326 e. The van der Waals surface area contributed by atoms with E-state index in [0.717, 1.165) is 11.8 Å². The lowest BCUT2D eigenvalue weighted by Gasteiger charge is -2.24. The molecule has 1 aliphatic heterocycles. The number of carbonyl (C=O) groups is 5. The molecular weight excluding hydrogens is 506 g/mol. The molecule has 0 spiro atoms. The van der Waals surface area contributed by atoms with E-state index in [1.165, 1.54) is 30.6 Å². The fourth-order valence-electron chi connectivity index (χ4n) is 2.91. The molecular formula is C23H33N5O6S2. The predicted molar refractivity (Wildman–Crippen MR) is 137 cm³/mol. The summed E-state index contributed by atoms with van der Waals surface area (Å²) >= 11 is 2.33. The number of nitrogens with two attached hydrogens (primary N) is 1. The normalized spacial score (nSPS) is 20.4. The average molecular weight is 540 g/mol. The van der Waals surface area contributed by atoms with Gasteiger partial charge >= 0.3 is 5.97 Å². The third-order valence-corrected chi connectivity index (χ3v) is 6.99. The smallest absolute Gasteiger partial charge is 0.326 e. The number of cyclic esters (lactones) is 1. The van der Waals surface area contributed by atoms with Gasteiger partial charge in [0.25, 0.3) is 5.91 Å². The van der Waals surface area contributed by atoms with E-state index in [1.54, 1.807) is 12.2 Å². The highest BCUT2D eigenvalue weighted by molar-refractivity contribution is 8.13. The number of esters is 1. The standard InChI is InChI=1S/C23H33N5O6S2/c1-13(2)19(24)21(32)35-8-6-5-7-14-9-16(29)25-10-17-27-15(12-36-17)20(31)28-23(3,4)22(33)26-11-18(30)34-14/h5,7,12-14,19H,6,8-11,24H2,1-4H3,(H,25,29)(H,26,33)(H,28,31)/b7-5+. The van der Waals surface area contributed by atoms with Crippen LogP contribution >= 0.6 is 23.1 Å². The Bertz CT molecular complexity index is 1010. The van der Waals surface area contributed by atoms with Gasteiger partial charge in [-0.3, -0.25) is 24.0 Å². The van der Waals surface area contributed by atoms with Crippen molar-refractivity contribution in [2.24, 2.45) is 11.7 Å². The van der Waals surface area contributed by atoms with Gasteiger partial charge in [0.05, 0.1) is 19.0 Å². The molecule has 0 saturated heterocycles. The van der Waals surface area contributed by atoms with Gasteiger partial charge in [-0.2, -0.15) is 0 Å². The third-order valence-electron chi connectivity index (χ3n) is 5.15. The highest BCUT2D eigenvalue weighted by Gasteiger charge is 2.31. The highest BCUT2D eigenvalue weighted by Crippen LogP contribution is 2.14. The molecule has 3 amide bonds. The van der Waals surface area contributed by atoms with Crippen LogP contribution < -0.4 is 21.7 Å². The van der Waals surface area contributed by atoms with Crippen LogP contribution in [0.15, 0.2) is 17.5 Å². The van der Waals surface area contributed by atoms with E-state index in [4.69, 9.17) is 10.5 Å². The molecule has 1 aromatic rings. The van der Waals surface area contributed by atoms with E-state index >= 15 is 0 Å². The van der Waals surface area contributed by atoms with Crippen molar-refractivity contribution in [1.82, 2.24) is 20.9 Å². The van der Waals surface area contributed by atoms with Gasteiger partial charge < -0.3 is 26.4 Å². The molecule has 13 heteroatoms. The van der Waals surface area contributed by atoms with Crippen molar-refractivity contribution in [2.75, 3.05) is 12.3 Å². The zero-order valence-electron chi connectivity index (χ0n) is 20.8. The molecule has 1 aromatic heterocycles. The highest BCUT2D eigenvalue weighted by atomic mass is 32.2. The van der Waals surface area contributed by atoms with E-state index in [0.29, 0.717) is 17.2 Å². The first-order valence-electron chi connectivity index (χ1n) is 11.5. The van der Waals surface area contributed by atoms with Crippen molar-refractivity contribution >= 4 is 51.9 Å². The maximum atomic E-state index is 12.5. The lowest BCUT2D eigenvalue weighted by atomic mass is 10.0. The number of thioether (sulfide) groups is 1. The number of amides is 3. The molecule has 2 bridgehead atoms. The minimum atomic E-state index is -1.31. The Hall–Kier alpha value is -2.77. The number of ether oxygens (including phenoxy) is 1. The number of aromatic nitrogens is 1. The zero-order valence-corrected chi connectivity index (χ0v) is 22.4. The van der Waals surface area contributed by atoms with Crippen molar-refractivity contribution in [3.05, 3.63) is 28.2 Å². The number of hydrogen-bond donors (Lipinski definition) is 4. The number of hydrogen-bond acceptors (Lipinski definition) is 10. The van der Waals surface area contributed by atoms with E-state index < -0.39 is 42.0 Å². The van der Waals surface area contributed by atoms with Crippen molar-refractivity contribution in [2.45, 2.75) is 64.8 Å². The molecule has 1 aliphatic rings. The molecule has 2 atom stereocenters. The molecule has 2 unspecified atom stereocenters. The topological polar surface area (TPSA) is 170 Å². The average Bonchev–Trinajstić information content (AvgIpc) is 3.28. The second-order valence-electron chi connectivity index (χ2n) is 9.05. The minimum absolute atomic E-state index is 0.0511. The van der Waals surface area contributed by atoms with Gasteiger partial charge in [0.15, 0.2) is 0 Å². The largest absolute Gasteiger partial charge is 0.456 e. The number of allylic oxidation sites excluding steroid dienone is 1. The van der Waals surface area contributed by atoms with Crippen molar-refractivity contribution in [3.8, 4) is 0 Å². The maximum absolute atomic E-state index is 12.5. The Kier molecular flexibility index (Phi) is 11.1. The summed E-state index contributed by atoms with van der Waals surface area (Å²) < 4.78 is 5.39. The Labute approximate surface area is 218 Å². The van der Waals surface area contributed by atoms with Crippen LogP contribution in [0, 0.1) is 5.92 Å². The van der Waals surface area contributed by atoms with E-state index in [2.05, 4.69) is 20.9 Å². The van der Waals surface area contributed by atoms with Crippen LogP contribution in [-0.4, -0.2) is 63.8 Å². The summed E-state index contributed by atoms with van der Waals surface area (Å²) in [5.41, 5.74) is 4.67. The summed E-state index contributed by atoms with van der Waals surface area (Å²) in [4.78, 5) is 66.0. The summed E-state index contributed by atoms with van der Waals surface area (Å²) in [7, 11) is 0. The van der Waals surface area contributed by atoms with E-state index in [9.17, 15) is 24.0 Å². The van der Waals surface area contributed by atoms with Crippen LogP contribution in [0.5, 0.6) is 0 Å². The first-order chi connectivity index (χ1) is 16.9. The third kappa shape index (κ3) is 9.36. The number of fused-ring (bicyclic) bond motifs is 2. The van der Waals surface area contributed by atoms with Gasteiger partial charge in [-0.25, -0.2) is 4.98 Å². The van der Waals surface area contributed by atoms with Crippen LogP contribution in [0.1, 0.15) is 56.0 Å². The first kappa shape index (κ1) is 29.5. The molecule has 5 N–H and O–H groups in total. The Morgan fingerprint density at radius 1 is 1.28 bits per heavy atom. The molecule has 0 aromatic carbocycles. The van der Waals surface area contributed by atoms with E-state index in [1.807, 2.05) is 13.8 Å². The predicted octanol–water partition coefficient (Wildman–Crippen LogP) is 0.889. The van der Waals surface area contributed by atoms with Gasteiger partial charge in [-0.1, -0.05) is 31.7 Å². The van der Waals surface area contributed by atoms with E-state index in [-0.39, 0.29) is 35.6 Å². The molecule has 0 radical (unpaired) electrons. The van der Waals surface area contributed by atoms with Gasteiger partial charge in [-0.05, 0) is 32.3 Å². The minimum Gasteiger partial charge on any atom is -0.456 e. The molecule has 0 fully saturated rings. The monoisotopic (exact) mass is 539 g/mol. The number of carbonyl (C=O) groups excluding carboxylic acids is 5.